The van der Waals surface area contributed by atoms with E-state index in [1.807, 2.05) is 0 Å². The Kier molecular flexibility index (Phi) is 5.13. The van der Waals surface area contributed by atoms with E-state index in [9.17, 15) is 14.7 Å². The van der Waals surface area contributed by atoms with Gasteiger partial charge in [0.15, 0.2) is 11.5 Å². The first-order valence-electron chi connectivity index (χ1n) is 5.51. The number of carboxylic acid groups (broad SMARTS) is 1. The van der Waals surface area contributed by atoms with Gasteiger partial charge in [-0.05, 0) is 12.1 Å². The third-order valence-corrected chi connectivity index (χ3v) is 2.48. The highest BCUT2D eigenvalue weighted by molar-refractivity contribution is 5.99. The molecule has 0 saturated carbocycles. The summed E-state index contributed by atoms with van der Waals surface area (Å²) in [6.45, 7) is -0.374. The van der Waals surface area contributed by atoms with Crippen LogP contribution in [0.2, 0.25) is 0 Å². The van der Waals surface area contributed by atoms with Crippen LogP contribution in [0.3, 0.4) is 0 Å². The number of amides is 1. The molecule has 4 N–H and O–H groups in total. The van der Waals surface area contributed by atoms with Crippen LogP contribution in [0.4, 0.5) is 0 Å². The molecule has 0 radical (unpaired) electrons. The zero-order chi connectivity index (χ0) is 14.4. The van der Waals surface area contributed by atoms with Crippen LogP contribution in [-0.4, -0.2) is 47.0 Å². The van der Waals surface area contributed by atoms with E-state index in [1.54, 1.807) is 0 Å². The second kappa shape index (κ2) is 6.60. The number of benzene rings is 1. The maximum atomic E-state index is 11.9. The predicted octanol–water partition coefficient (Wildman–Crippen LogP) is -0.0338. The zero-order valence-corrected chi connectivity index (χ0v) is 10.3. The van der Waals surface area contributed by atoms with Gasteiger partial charge in [-0.2, -0.15) is 0 Å². The molecular weight excluding hydrogens is 254 g/mol. The summed E-state index contributed by atoms with van der Waals surface area (Å²) >= 11 is 0. The summed E-state index contributed by atoms with van der Waals surface area (Å²) in [4.78, 5) is 22.7. The van der Waals surface area contributed by atoms with E-state index in [-0.39, 0.29) is 30.1 Å². The Balaban J connectivity index is 2.91. The van der Waals surface area contributed by atoms with Gasteiger partial charge in [-0.1, -0.05) is 6.07 Å². The minimum Gasteiger partial charge on any atom is -0.504 e. The van der Waals surface area contributed by atoms with Gasteiger partial charge in [-0.25, -0.2) is 4.79 Å². The number of ether oxygens (including phenoxy) is 1. The fraction of sp³-hybridized carbons (Fsp3) is 0.333. The zero-order valence-electron chi connectivity index (χ0n) is 10.3. The van der Waals surface area contributed by atoms with Crippen molar-refractivity contribution in [1.82, 2.24) is 5.32 Å². The van der Waals surface area contributed by atoms with Crippen LogP contribution < -0.4 is 10.1 Å². The molecule has 1 atom stereocenters. The molecule has 104 valence electrons. The van der Waals surface area contributed by atoms with Gasteiger partial charge < -0.3 is 25.4 Å². The maximum Gasteiger partial charge on any atom is 0.326 e. The summed E-state index contributed by atoms with van der Waals surface area (Å²) in [5.74, 6) is -2.26. The summed E-state index contributed by atoms with van der Waals surface area (Å²) < 4.78 is 4.85. The average Bonchev–Trinajstić information content (AvgIpc) is 2.38. The molecule has 1 aromatic rings. The molecule has 0 aliphatic carbocycles. The quantitative estimate of drug-likeness (QED) is 0.576. The van der Waals surface area contributed by atoms with Crippen molar-refractivity contribution in [2.24, 2.45) is 0 Å². The molecule has 1 aromatic carbocycles. The van der Waals surface area contributed by atoms with Crippen LogP contribution in [0, 0.1) is 0 Å². The molecule has 19 heavy (non-hydrogen) atoms. The smallest absolute Gasteiger partial charge is 0.326 e. The van der Waals surface area contributed by atoms with Crippen LogP contribution in [0.15, 0.2) is 18.2 Å². The van der Waals surface area contributed by atoms with E-state index in [0.29, 0.717) is 0 Å². The van der Waals surface area contributed by atoms with Crippen molar-refractivity contribution in [2.75, 3.05) is 13.7 Å². The number of methoxy groups -OCH3 is 1. The minimum atomic E-state index is -1.26. The third-order valence-electron chi connectivity index (χ3n) is 2.48. The van der Waals surface area contributed by atoms with Crippen molar-refractivity contribution >= 4 is 11.9 Å². The van der Waals surface area contributed by atoms with E-state index in [4.69, 9.17) is 14.9 Å². The van der Waals surface area contributed by atoms with Gasteiger partial charge in [0.1, 0.15) is 6.04 Å². The molecule has 0 fully saturated rings. The van der Waals surface area contributed by atoms with Crippen LogP contribution in [0.25, 0.3) is 0 Å². The monoisotopic (exact) mass is 269 g/mol. The lowest BCUT2D eigenvalue weighted by Gasteiger charge is -2.14. The number of aromatic hydroxyl groups is 1. The van der Waals surface area contributed by atoms with Gasteiger partial charge in [0, 0.05) is 13.0 Å². The van der Waals surface area contributed by atoms with E-state index in [2.05, 4.69) is 5.32 Å². The Morgan fingerprint density at radius 3 is 2.63 bits per heavy atom. The molecule has 1 amide bonds. The number of hydrogen-bond donors (Lipinski definition) is 4. The molecule has 0 spiro atoms. The summed E-state index contributed by atoms with van der Waals surface area (Å²) in [6.07, 6.45) is -0.119. The maximum absolute atomic E-state index is 11.9. The number of rotatable bonds is 6. The van der Waals surface area contributed by atoms with Crippen LogP contribution >= 0.6 is 0 Å². The van der Waals surface area contributed by atoms with Crippen molar-refractivity contribution in [3.05, 3.63) is 23.8 Å². The number of carbonyl (C=O) groups excluding carboxylic acids is 1. The highest BCUT2D eigenvalue weighted by Crippen LogP contribution is 2.29. The van der Waals surface area contributed by atoms with Gasteiger partial charge in [-0.15, -0.1) is 0 Å². The number of aliphatic hydroxyl groups excluding tert-OH is 1. The number of aliphatic hydroxyl groups is 1. The molecular formula is C12H15NO6. The van der Waals surface area contributed by atoms with Crippen LogP contribution in [0.1, 0.15) is 16.8 Å². The van der Waals surface area contributed by atoms with Gasteiger partial charge in [0.2, 0.25) is 0 Å². The molecule has 0 bridgehead atoms. The molecule has 0 unspecified atom stereocenters. The summed E-state index contributed by atoms with van der Waals surface area (Å²) in [6, 6.07) is 3.08. The Morgan fingerprint density at radius 2 is 2.11 bits per heavy atom. The van der Waals surface area contributed by atoms with Crippen LogP contribution in [0.5, 0.6) is 11.5 Å². The highest BCUT2D eigenvalue weighted by atomic mass is 16.5. The van der Waals surface area contributed by atoms with Gasteiger partial charge in [-0.3, -0.25) is 4.79 Å². The predicted molar refractivity (Wildman–Crippen MR) is 65.3 cm³/mol. The highest BCUT2D eigenvalue weighted by Gasteiger charge is 2.22. The number of carboxylic acids is 1. The lowest BCUT2D eigenvalue weighted by atomic mass is 10.1. The topological polar surface area (TPSA) is 116 Å². The summed E-state index contributed by atoms with van der Waals surface area (Å²) in [7, 11) is 1.34. The van der Waals surface area contributed by atoms with E-state index in [1.165, 1.54) is 25.3 Å². The van der Waals surface area contributed by atoms with Crippen molar-refractivity contribution in [3.8, 4) is 11.5 Å². The first-order chi connectivity index (χ1) is 9.01. The first kappa shape index (κ1) is 14.8. The van der Waals surface area contributed by atoms with Crippen molar-refractivity contribution in [2.45, 2.75) is 12.5 Å². The molecule has 7 heteroatoms. The molecule has 0 aromatic heterocycles. The van der Waals surface area contributed by atoms with E-state index >= 15 is 0 Å². The van der Waals surface area contributed by atoms with E-state index in [0.717, 1.165) is 0 Å². The average molecular weight is 269 g/mol. The lowest BCUT2D eigenvalue weighted by Crippen LogP contribution is -2.41. The van der Waals surface area contributed by atoms with Crippen molar-refractivity contribution < 1.29 is 29.6 Å². The first-order valence-corrected chi connectivity index (χ1v) is 5.51. The normalized spacial score (nSPS) is 11.7. The third kappa shape index (κ3) is 3.59. The molecule has 0 heterocycles. The Bertz CT molecular complexity index is 473. The fourth-order valence-corrected chi connectivity index (χ4v) is 1.49. The Hall–Kier alpha value is -2.28. The number of carbonyl (C=O) groups is 2. The fourth-order valence-electron chi connectivity index (χ4n) is 1.49. The van der Waals surface area contributed by atoms with Gasteiger partial charge in [0.25, 0.3) is 5.91 Å². The molecule has 0 saturated heterocycles. The number of aliphatic carboxylic acids is 1. The van der Waals surface area contributed by atoms with E-state index < -0.39 is 17.9 Å². The Morgan fingerprint density at radius 1 is 1.42 bits per heavy atom. The number of phenols is 1. The summed E-state index contributed by atoms with van der Waals surface area (Å²) in [5, 5.41) is 29.5. The number of para-hydroxylation sites is 1. The second-order valence-corrected chi connectivity index (χ2v) is 3.73. The molecule has 0 aliphatic rings. The lowest BCUT2D eigenvalue weighted by molar-refractivity contribution is -0.139. The second-order valence-electron chi connectivity index (χ2n) is 3.73. The Labute approximate surface area is 109 Å². The van der Waals surface area contributed by atoms with Gasteiger partial charge in [0.05, 0.1) is 12.7 Å². The number of phenolic OH excluding ortho intramolecular Hbond substituents is 1. The summed E-state index contributed by atoms with van der Waals surface area (Å²) in [5.41, 5.74) is -0.0939. The largest absolute Gasteiger partial charge is 0.504 e. The van der Waals surface area contributed by atoms with Gasteiger partial charge >= 0.3 is 5.97 Å². The number of hydrogen-bond acceptors (Lipinski definition) is 5. The molecule has 1 rings (SSSR count). The van der Waals surface area contributed by atoms with Crippen molar-refractivity contribution in [1.29, 1.82) is 0 Å². The minimum absolute atomic E-state index is 0.0939. The molecule has 7 nitrogen and oxygen atoms in total. The number of nitrogens with one attached hydrogen (secondary N) is 1. The SMILES string of the molecule is COc1cccc(C(=O)N[C@H](CCO)C(=O)O)c1O. The standard InChI is InChI=1S/C12H15NO6/c1-19-9-4-2-3-7(10(9)15)11(16)13-8(5-6-14)12(17)18/h2-4,8,14-15H,5-6H2,1H3,(H,13,16)(H,17,18)/t8-/m1/s1. The van der Waals surface area contributed by atoms with Crippen molar-refractivity contribution in [3.63, 3.8) is 0 Å². The van der Waals surface area contributed by atoms with Crippen LogP contribution in [-0.2, 0) is 4.79 Å². The molecule has 0 aliphatic heterocycles.